The number of nitrogens with one attached hydrogen (secondary N) is 1. The Kier molecular flexibility index (Phi) is 6.04. The number of hydrogen-bond acceptors (Lipinski definition) is 5. The lowest BCUT2D eigenvalue weighted by atomic mass is 10.0. The summed E-state index contributed by atoms with van der Waals surface area (Å²) in [5.41, 5.74) is 4.65. The Labute approximate surface area is 231 Å². The minimum atomic E-state index is -0.512. The minimum absolute atomic E-state index is 0.139. The van der Waals surface area contributed by atoms with Crippen molar-refractivity contribution in [2.75, 3.05) is 18.0 Å². The molecule has 1 aliphatic carbocycles. The molecule has 2 aromatic carbocycles. The highest BCUT2D eigenvalue weighted by atomic mass is 35.5. The van der Waals surface area contributed by atoms with Gasteiger partial charge in [0.1, 0.15) is 17.1 Å². The summed E-state index contributed by atoms with van der Waals surface area (Å²) < 4.78 is 7.38. The summed E-state index contributed by atoms with van der Waals surface area (Å²) in [6.07, 6.45) is -0.352. The zero-order valence-corrected chi connectivity index (χ0v) is 23.2. The first kappa shape index (κ1) is 25.0. The lowest BCUT2D eigenvalue weighted by Gasteiger charge is -2.24. The molecular weight excluding hydrogens is 521 g/mol. The number of halogens is 2. The summed E-state index contributed by atoms with van der Waals surface area (Å²) in [5, 5.41) is 9.43. The van der Waals surface area contributed by atoms with Gasteiger partial charge in [-0.15, -0.1) is 0 Å². The van der Waals surface area contributed by atoms with Crippen molar-refractivity contribution in [3.8, 4) is 22.4 Å². The molecule has 1 amide bonds. The Bertz CT molecular complexity index is 1530. The number of hydrogen-bond donors (Lipinski definition) is 1. The lowest BCUT2D eigenvalue weighted by molar-refractivity contribution is 0.0518. The van der Waals surface area contributed by atoms with E-state index in [9.17, 15) is 4.79 Å². The maximum absolute atomic E-state index is 12.3. The standard InChI is InChI=1S/C29H29Cl2N5O2/c1-16-13-23(35-14-20-21(15-35)25(20)33-28(37)38-29(2,3)4)36-27(32-16)24(17-9-11-18(30)12-10-17)26(34-36)19-7-5-6-8-22(19)31/h5-13,20-21,25H,14-15H2,1-4H3,(H,33,37)/t20-,21+,25+. The molecule has 0 radical (unpaired) electrons. The molecule has 9 heteroatoms. The number of fused-ring (bicyclic) bond motifs is 2. The van der Waals surface area contributed by atoms with Crippen molar-refractivity contribution in [1.29, 1.82) is 0 Å². The second-order valence-electron chi connectivity index (χ2n) is 11.1. The Balaban J connectivity index is 1.37. The fraction of sp³-hybridized carbons (Fsp3) is 0.345. The third-order valence-corrected chi connectivity index (χ3v) is 7.74. The van der Waals surface area contributed by atoms with Gasteiger partial charge in [-0.2, -0.15) is 9.61 Å². The van der Waals surface area contributed by atoms with E-state index in [1.54, 1.807) is 0 Å². The van der Waals surface area contributed by atoms with E-state index >= 15 is 0 Å². The van der Waals surface area contributed by atoms with Crippen molar-refractivity contribution in [3.05, 3.63) is 70.3 Å². The first-order valence-corrected chi connectivity index (χ1v) is 13.5. The lowest BCUT2D eigenvalue weighted by Crippen LogP contribution is -2.38. The molecule has 0 unspecified atom stereocenters. The summed E-state index contributed by atoms with van der Waals surface area (Å²) in [5.74, 6) is 1.73. The number of alkyl carbamates (subject to hydrolysis) is 1. The van der Waals surface area contributed by atoms with E-state index in [1.807, 2.05) is 80.7 Å². The van der Waals surface area contributed by atoms with Crippen LogP contribution in [0.25, 0.3) is 28.0 Å². The summed E-state index contributed by atoms with van der Waals surface area (Å²) in [6, 6.07) is 17.7. The fourth-order valence-corrected chi connectivity index (χ4v) is 5.79. The molecule has 2 aliphatic rings. The SMILES string of the molecule is Cc1cc(N2C[C@@H]3[C@H](C2)[C@H]3NC(=O)OC(C)(C)C)n2nc(-c3ccccc3Cl)c(-c3ccc(Cl)cc3)c2n1. The first-order valence-electron chi connectivity index (χ1n) is 12.7. The summed E-state index contributed by atoms with van der Waals surface area (Å²) in [4.78, 5) is 19.5. The number of piperidine rings is 1. The van der Waals surface area contributed by atoms with Crippen molar-refractivity contribution in [2.24, 2.45) is 11.8 Å². The second kappa shape index (κ2) is 9.17. The van der Waals surface area contributed by atoms with Crippen molar-refractivity contribution >= 4 is 40.8 Å². The average molecular weight is 550 g/mol. The molecule has 0 bridgehead atoms. The van der Waals surface area contributed by atoms with Gasteiger partial charge in [0.25, 0.3) is 0 Å². The number of nitrogens with zero attached hydrogens (tertiary/aromatic N) is 4. The van der Waals surface area contributed by atoms with Gasteiger partial charge in [0, 0.05) is 53.3 Å². The number of benzene rings is 2. The van der Waals surface area contributed by atoms with Crippen molar-refractivity contribution < 1.29 is 9.53 Å². The van der Waals surface area contributed by atoms with Gasteiger partial charge in [0.05, 0.1) is 10.6 Å². The molecular formula is C29H29Cl2N5O2. The number of rotatable bonds is 4. The van der Waals surface area contributed by atoms with Crippen LogP contribution in [0.1, 0.15) is 26.5 Å². The number of aromatic nitrogens is 3. The van der Waals surface area contributed by atoms with Crippen LogP contribution in [0.4, 0.5) is 10.6 Å². The van der Waals surface area contributed by atoms with Gasteiger partial charge in [0.15, 0.2) is 5.65 Å². The molecule has 3 heterocycles. The number of ether oxygens (including phenoxy) is 1. The van der Waals surface area contributed by atoms with Crippen LogP contribution in [0.5, 0.6) is 0 Å². The van der Waals surface area contributed by atoms with Gasteiger partial charge >= 0.3 is 6.09 Å². The van der Waals surface area contributed by atoms with E-state index in [-0.39, 0.29) is 12.1 Å². The normalized spacial score (nSPS) is 20.5. The van der Waals surface area contributed by atoms with E-state index in [0.717, 1.165) is 52.6 Å². The Morgan fingerprint density at radius 1 is 1.05 bits per heavy atom. The van der Waals surface area contributed by atoms with Gasteiger partial charge in [-0.25, -0.2) is 9.78 Å². The van der Waals surface area contributed by atoms with E-state index in [1.165, 1.54) is 0 Å². The van der Waals surface area contributed by atoms with Gasteiger partial charge < -0.3 is 15.0 Å². The largest absolute Gasteiger partial charge is 0.444 e. The summed E-state index contributed by atoms with van der Waals surface area (Å²) in [7, 11) is 0. The third kappa shape index (κ3) is 4.58. The first-order chi connectivity index (χ1) is 18.1. The van der Waals surface area contributed by atoms with Crippen LogP contribution in [0.2, 0.25) is 10.0 Å². The van der Waals surface area contributed by atoms with E-state index in [4.69, 9.17) is 38.0 Å². The number of carbonyl (C=O) groups excluding carboxylic acids is 1. The molecule has 196 valence electrons. The minimum Gasteiger partial charge on any atom is -0.444 e. The summed E-state index contributed by atoms with van der Waals surface area (Å²) >= 11 is 12.8. The van der Waals surface area contributed by atoms with Gasteiger partial charge in [-0.05, 0) is 51.5 Å². The predicted octanol–water partition coefficient (Wildman–Crippen LogP) is 6.64. The average Bonchev–Trinajstić information content (AvgIpc) is 3.18. The van der Waals surface area contributed by atoms with Crippen molar-refractivity contribution in [1.82, 2.24) is 19.9 Å². The molecule has 7 nitrogen and oxygen atoms in total. The highest BCUT2D eigenvalue weighted by Crippen LogP contribution is 2.47. The third-order valence-electron chi connectivity index (χ3n) is 7.16. The Morgan fingerprint density at radius 2 is 1.74 bits per heavy atom. The quantitative estimate of drug-likeness (QED) is 0.309. The topological polar surface area (TPSA) is 71.8 Å². The van der Waals surface area contributed by atoms with E-state index in [0.29, 0.717) is 21.9 Å². The molecule has 1 N–H and O–H groups in total. The van der Waals surface area contributed by atoms with Crippen LogP contribution in [0.15, 0.2) is 54.6 Å². The molecule has 1 saturated carbocycles. The molecule has 4 aromatic rings. The monoisotopic (exact) mass is 549 g/mol. The molecule has 38 heavy (non-hydrogen) atoms. The van der Waals surface area contributed by atoms with Gasteiger partial charge in [0.2, 0.25) is 0 Å². The molecule has 1 saturated heterocycles. The molecule has 3 atom stereocenters. The number of anilines is 1. The van der Waals surface area contributed by atoms with Crippen LogP contribution in [0, 0.1) is 18.8 Å². The maximum atomic E-state index is 12.3. The fourth-order valence-electron chi connectivity index (χ4n) is 5.44. The number of carbonyl (C=O) groups is 1. The Morgan fingerprint density at radius 3 is 2.39 bits per heavy atom. The number of aryl methyl sites for hydroxylation is 1. The van der Waals surface area contributed by atoms with Gasteiger partial charge in [-0.3, -0.25) is 0 Å². The highest BCUT2D eigenvalue weighted by Gasteiger charge is 2.57. The summed E-state index contributed by atoms with van der Waals surface area (Å²) in [6.45, 7) is 9.26. The van der Waals surface area contributed by atoms with Crippen LogP contribution in [-0.2, 0) is 4.74 Å². The van der Waals surface area contributed by atoms with Crippen LogP contribution in [0.3, 0.4) is 0 Å². The van der Waals surface area contributed by atoms with E-state index in [2.05, 4.69) is 16.3 Å². The predicted molar refractivity (Wildman–Crippen MR) is 151 cm³/mol. The maximum Gasteiger partial charge on any atom is 0.407 e. The molecule has 1 aliphatic heterocycles. The smallest absolute Gasteiger partial charge is 0.407 e. The zero-order valence-electron chi connectivity index (χ0n) is 21.7. The van der Waals surface area contributed by atoms with Crippen molar-refractivity contribution in [3.63, 3.8) is 0 Å². The zero-order chi connectivity index (χ0) is 26.8. The molecule has 0 spiro atoms. The van der Waals surface area contributed by atoms with Crippen LogP contribution in [-0.4, -0.2) is 45.4 Å². The van der Waals surface area contributed by atoms with Gasteiger partial charge in [-0.1, -0.05) is 53.5 Å². The molecule has 2 aromatic heterocycles. The molecule has 2 fully saturated rings. The van der Waals surface area contributed by atoms with Crippen LogP contribution < -0.4 is 10.2 Å². The van der Waals surface area contributed by atoms with E-state index < -0.39 is 5.60 Å². The van der Waals surface area contributed by atoms with Crippen molar-refractivity contribution in [2.45, 2.75) is 39.3 Å². The molecule has 6 rings (SSSR count). The highest BCUT2D eigenvalue weighted by molar-refractivity contribution is 6.33. The number of amides is 1. The second-order valence-corrected chi connectivity index (χ2v) is 11.9. The Hall–Kier alpha value is -3.29. The van der Waals surface area contributed by atoms with Crippen LogP contribution >= 0.6 is 23.2 Å².